The molecular formula is C8H5F3O3. The Labute approximate surface area is 76.7 Å². The number of rotatable bonds is 1. The maximum absolute atomic E-state index is 12.9. The van der Waals surface area contributed by atoms with E-state index in [1.807, 2.05) is 0 Å². The van der Waals surface area contributed by atoms with Crippen LogP contribution in [-0.2, 0) is 4.79 Å². The zero-order valence-electron chi connectivity index (χ0n) is 6.97. The lowest BCUT2D eigenvalue weighted by molar-refractivity contribution is -0.132. The van der Waals surface area contributed by atoms with Gasteiger partial charge in [-0.1, -0.05) is 0 Å². The number of benzene rings is 1. The lowest BCUT2D eigenvalue weighted by Crippen LogP contribution is -2.06. The van der Waals surface area contributed by atoms with Gasteiger partial charge in [-0.25, -0.2) is 8.78 Å². The van der Waals surface area contributed by atoms with E-state index in [0.717, 1.165) is 6.92 Å². The summed E-state index contributed by atoms with van der Waals surface area (Å²) in [5.74, 6) is -7.98. The predicted octanol–water partition coefficient (Wildman–Crippen LogP) is 1.73. The highest BCUT2D eigenvalue weighted by Gasteiger charge is 2.20. The number of ether oxygens (including phenoxy) is 1. The van der Waals surface area contributed by atoms with E-state index < -0.39 is 34.9 Å². The molecule has 0 radical (unpaired) electrons. The van der Waals surface area contributed by atoms with Gasteiger partial charge in [0.05, 0.1) is 0 Å². The Balaban J connectivity index is 3.29. The fourth-order valence-corrected chi connectivity index (χ4v) is 0.800. The van der Waals surface area contributed by atoms with Crippen molar-refractivity contribution in [1.82, 2.24) is 0 Å². The quantitative estimate of drug-likeness (QED) is 0.562. The van der Waals surface area contributed by atoms with Crippen LogP contribution in [0.15, 0.2) is 6.07 Å². The third-order valence-corrected chi connectivity index (χ3v) is 1.35. The van der Waals surface area contributed by atoms with Gasteiger partial charge in [-0.3, -0.25) is 4.79 Å². The Morgan fingerprint density at radius 1 is 1.36 bits per heavy atom. The van der Waals surface area contributed by atoms with Gasteiger partial charge >= 0.3 is 5.97 Å². The van der Waals surface area contributed by atoms with Gasteiger partial charge in [-0.05, 0) is 0 Å². The Morgan fingerprint density at radius 2 is 1.93 bits per heavy atom. The van der Waals surface area contributed by atoms with Crippen molar-refractivity contribution in [3.8, 4) is 11.5 Å². The summed E-state index contributed by atoms with van der Waals surface area (Å²) in [6.07, 6.45) is 0. The average Bonchev–Trinajstić information content (AvgIpc) is 2.09. The molecule has 0 fully saturated rings. The second-order valence-corrected chi connectivity index (χ2v) is 2.43. The van der Waals surface area contributed by atoms with E-state index in [2.05, 4.69) is 4.74 Å². The molecule has 0 aliphatic rings. The van der Waals surface area contributed by atoms with Crippen LogP contribution in [0.4, 0.5) is 13.2 Å². The molecule has 0 saturated carbocycles. The first-order valence-corrected chi connectivity index (χ1v) is 3.48. The number of carbonyl (C=O) groups excluding carboxylic acids is 1. The third-order valence-electron chi connectivity index (χ3n) is 1.35. The molecule has 76 valence electrons. The molecule has 0 aliphatic carbocycles. The highest BCUT2D eigenvalue weighted by molar-refractivity contribution is 5.69. The first-order chi connectivity index (χ1) is 6.43. The van der Waals surface area contributed by atoms with Crippen molar-refractivity contribution in [2.75, 3.05) is 0 Å². The van der Waals surface area contributed by atoms with Gasteiger partial charge in [0, 0.05) is 13.0 Å². The zero-order chi connectivity index (χ0) is 10.9. The molecule has 0 heterocycles. The van der Waals surface area contributed by atoms with Crippen molar-refractivity contribution in [3.63, 3.8) is 0 Å². The highest BCUT2D eigenvalue weighted by Crippen LogP contribution is 2.31. The van der Waals surface area contributed by atoms with E-state index >= 15 is 0 Å². The fraction of sp³-hybridized carbons (Fsp3) is 0.125. The lowest BCUT2D eigenvalue weighted by atomic mass is 10.3. The van der Waals surface area contributed by atoms with Gasteiger partial charge < -0.3 is 9.84 Å². The molecule has 1 rings (SSSR count). The van der Waals surface area contributed by atoms with Crippen molar-refractivity contribution in [2.24, 2.45) is 0 Å². The molecule has 0 aromatic heterocycles. The second kappa shape index (κ2) is 3.57. The molecule has 0 bridgehead atoms. The number of aromatic hydroxyl groups is 1. The normalized spacial score (nSPS) is 10.0. The Hall–Kier alpha value is -1.72. The van der Waals surface area contributed by atoms with Crippen LogP contribution in [0.5, 0.6) is 11.5 Å². The van der Waals surface area contributed by atoms with Crippen LogP contribution in [0.3, 0.4) is 0 Å². The number of phenols is 1. The highest BCUT2D eigenvalue weighted by atomic mass is 19.1. The zero-order valence-corrected chi connectivity index (χ0v) is 6.97. The SMILES string of the molecule is CC(=O)Oc1c(F)cc(F)c(O)c1F. The van der Waals surface area contributed by atoms with E-state index in [9.17, 15) is 18.0 Å². The monoisotopic (exact) mass is 206 g/mol. The van der Waals surface area contributed by atoms with E-state index in [-0.39, 0.29) is 6.07 Å². The first-order valence-electron chi connectivity index (χ1n) is 3.48. The number of hydrogen-bond donors (Lipinski definition) is 1. The largest absolute Gasteiger partial charge is 0.503 e. The van der Waals surface area contributed by atoms with Crippen LogP contribution in [0.2, 0.25) is 0 Å². The maximum atomic E-state index is 12.9. The summed E-state index contributed by atoms with van der Waals surface area (Å²) < 4.78 is 42.2. The molecule has 1 aromatic rings. The lowest BCUT2D eigenvalue weighted by Gasteiger charge is -2.05. The van der Waals surface area contributed by atoms with Crippen LogP contribution in [0, 0.1) is 17.5 Å². The summed E-state index contributed by atoms with van der Waals surface area (Å²) in [7, 11) is 0. The summed E-state index contributed by atoms with van der Waals surface area (Å²) in [6, 6.07) is 0.219. The van der Waals surface area contributed by atoms with Gasteiger partial charge in [-0.2, -0.15) is 4.39 Å². The van der Waals surface area contributed by atoms with Crippen molar-refractivity contribution < 1.29 is 27.8 Å². The first kappa shape index (κ1) is 10.4. The molecule has 14 heavy (non-hydrogen) atoms. The smallest absolute Gasteiger partial charge is 0.308 e. The van der Waals surface area contributed by atoms with E-state index in [1.165, 1.54) is 0 Å². The number of esters is 1. The molecule has 0 spiro atoms. The summed E-state index contributed by atoms with van der Waals surface area (Å²) in [4.78, 5) is 10.4. The minimum absolute atomic E-state index is 0.219. The number of halogens is 3. The molecular weight excluding hydrogens is 201 g/mol. The van der Waals surface area contributed by atoms with Crippen molar-refractivity contribution >= 4 is 5.97 Å². The maximum Gasteiger partial charge on any atom is 0.308 e. The van der Waals surface area contributed by atoms with Gasteiger partial charge in [0.2, 0.25) is 11.6 Å². The van der Waals surface area contributed by atoms with Crippen LogP contribution in [0.1, 0.15) is 6.92 Å². The molecule has 3 nitrogen and oxygen atoms in total. The van der Waals surface area contributed by atoms with Crippen molar-refractivity contribution in [3.05, 3.63) is 23.5 Å². The Bertz CT molecular complexity index is 390. The second-order valence-electron chi connectivity index (χ2n) is 2.43. The average molecular weight is 206 g/mol. The number of phenolic OH excluding ortho intramolecular Hbond substituents is 1. The molecule has 0 saturated heterocycles. The molecule has 1 N–H and O–H groups in total. The van der Waals surface area contributed by atoms with E-state index in [0.29, 0.717) is 0 Å². The molecule has 1 aromatic carbocycles. The van der Waals surface area contributed by atoms with Crippen molar-refractivity contribution in [2.45, 2.75) is 6.92 Å². The standard InChI is InChI=1S/C8H5F3O3/c1-3(12)14-8-5(10)2-4(9)7(13)6(8)11/h2,13H,1H3. The molecule has 0 unspecified atom stereocenters. The summed E-state index contributed by atoms with van der Waals surface area (Å²) in [6.45, 7) is 0.916. The van der Waals surface area contributed by atoms with Crippen LogP contribution in [0.25, 0.3) is 0 Å². The van der Waals surface area contributed by atoms with Gasteiger partial charge in [0.1, 0.15) is 0 Å². The summed E-state index contributed by atoms with van der Waals surface area (Å²) in [5, 5.41) is 8.72. The minimum atomic E-state index is -1.64. The number of hydrogen-bond acceptors (Lipinski definition) is 3. The van der Waals surface area contributed by atoms with Gasteiger partial charge in [0.25, 0.3) is 0 Å². The van der Waals surface area contributed by atoms with Crippen LogP contribution >= 0.6 is 0 Å². The van der Waals surface area contributed by atoms with Crippen molar-refractivity contribution in [1.29, 1.82) is 0 Å². The predicted molar refractivity (Wildman–Crippen MR) is 39.3 cm³/mol. The third kappa shape index (κ3) is 1.78. The molecule has 6 heteroatoms. The molecule has 0 amide bonds. The Morgan fingerprint density at radius 3 is 2.43 bits per heavy atom. The van der Waals surface area contributed by atoms with E-state index in [4.69, 9.17) is 5.11 Å². The summed E-state index contributed by atoms with van der Waals surface area (Å²) in [5.41, 5.74) is 0. The molecule has 0 aliphatic heterocycles. The number of carbonyl (C=O) groups is 1. The van der Waals surface area contributed by atoms with Crippen LogP contribution < -0.4 is 4.74 Å². The minimum Gasteiger partial charge on any atom is -0.503 e. The topological polar surface area (TPSA) is 46.5 Å². The van der Waals surface area contributed by atoms with Gasteiger partial charge in [0.15, 0.2) is 17.4 Å². The summed E-state index contributed by atoms with van der Waals surface area (Å²) >= 11 is 0. The van der Waals surface area contributed by atoms with Gasteiger partial charge in [-0.15, -0.1) is 0 Å². The van der Waals surface area contributed by atoms with Crippen LogP contribution in [-0.4, -0.2) is 11.1 Å². The molecule has 0 atom stereocenters. The fourth-order valence-electron chi connectivity index (χ4n) is 0.800. The van der Waals surface area contributed by atoms with E-state index in [1.54, 1.807) is 0 Å². The Kier molecular flexibility index (Phi) is 2.64.